The van der Waals surface area contributed by atoms with E-state index in [4.69, 9.17) is 14.2 Å². The lowest BCUT2D eigenvalue weighted by atomic mass is 10.0. The molecule has 5 heteroatoms. The molecule has 0 amide bonds. The largest absolute Gasteiger partial charge is 0.462 e. The third-order valence-electron chi connectivity index (χ3n) is 12.2. The molecule has 0 spiro atoms. The first kappa shape index (κ1) is 63.3. The van der Waals surface area contributed by atoms with Crippen molar-refractivity contribution in [1.82, 2.24) is 0 Å². The van der Waals surface area contributed by atoms with Gasteiger partial charge in [0.2, 0.25) is 0 Å². The lowest BCUT2D eigenvalue weighted by molar-refractivity contribution is -0.163. The van der Waals surface area contributed by atoms with Crippen LogP contribution >= 0.6 is 0 Å². The predicted octanol–water partition coefficient (Wildman–Crippen LogP) is 19.5. The molecule has 0 radical (unpaired) electrons. The molecule has 1 unspecified atom stereocenters. The highest BCUT2D eigenvalue weighted by atomic mass is 16.6. The van der Waals surface area contributed by atoms with Crippen LogP contribution in [0.1, 0.15) is 278 Å². The van der Waals surface area contributed by atoms with E-state index in [0.717, 1.165) is 96.3 Å². The van der Waals surface area contributed by atoms with Gasteiger partial charge in [-0.25, -0.2) is 0 Å². The molecule has 0 aliphatic rings. The van der Waals surface area contributed by atoms with E-state index in [9.17, 15) is 9.59 Å². The molecular formula is C61H108O5. The maximum absolute atomic E-state index is 12.8. The van der Waals surface area contributed by atoms with Crippen LogP contribution in [0.5, 0.6) is 0 Å². The number of hydrogen-bond donors (Lipinski definition) is 0. The standard InChI is InChI=1S/C61H108O5/c1-4-7-10-13-16-19-22-24-26-28-30-32-34-36-38-41-44-47-50-53-56-64-57-59(66-61(63)55-52-49-46-43-39-21-18-15-12-9-6-3)58-65-60(62)54-51-48-45-42-40-37-35-33-31-29-27-25-23-20-17-14-11-8-5-2/h8,11,15,17-18,20,25,27,31,33,37,40,59H,4-7,9-10,12-14,16,19,21-24,26,28-30,32,34-36,38-39,41-58H2,1-3H3/b11-8-,18-15-,20-17-,27-25-,33-31-,40-37-. The molecule has 0 rings (SSSR count). The number of rotatable bonds is 52. The molecule has 0 bridgehead atoms. The number of carbonyl (C=O) groups is 2. The van der Waals surface area contributed by atoms with Crippen LogP contribution in [-0.4, -0.2) is 37.9 Å². The van der Waals surface area contributed by atoms with Crippen LogP contribution in [0.25, 0.3) is 0 Å². The Labute approximate surface area is 410 Å². The highest BCUT2D eigenvalue weighted by Gasteiger charge is 2.17. The molecule has 0 heterocycles. The number of hydrogen-bond acceptors (Lipinski definition) is 5. The summed E-state index contributed by atoms with van der Waals surface area (Å²) in [7, 11) is 0. The monoisotopic (exact) mass is 921 g/mol. The molecular weight excluding hydrogens is 813 g/mol. The summed E-state index contributed by atoms with van der Waals surface area (Å²) >= 11 is 0. The Kier molecular flexibility index (Phi) is 54.4. The van der Waals surface area contributed by atoms with Crippen LogP contribution in [0.3, 0.4) is 0 Å². The molecule has 0 N–H and O–H groups in total. The van der Waals surface area contributed by atoms with Gasteiger partial charge in [-0.1, -0.05) is 254 Å². The van der Waals surface area contributed by atoms with Gasteiger partial charge in [0, 0.05) is 19.4 Å². The Morgan fingerprint density at radius 1 is 0.348 bits per heavy atom. The molecule has 1 atom stereocenters. The third-order valence-corrected chi connectivity index (χ3v) is 12.2. The van der Waals surface area contributed by atoms with Crippen molar-refractivity contribution in [3.63, 3.8) is 0 Å². The fourth-order valence-corrected chi connectivity index (χ4v) is 7.99. The van der Waals surface area contributed by atoms with E-state index >= 15 is 0 Å². The Morgan fingerprint density at radius 3 is 1.17 bits per heavy atom. The number of ether oxygens (including phenoxy) is 3. The minimum absolute atomic E-state index is 0.0651. The number of unbranched alkanes of at least 4 members (excludes halogenated alkanes) is 29. The van der Waals surface area contributed by atoms with Gasteiger partial charge in [0.15, 0.2) is 6.10 Å². The molecule has 0 aliphatic heterocycles. The topological polar surface area (TPSA) is 61.8 Å². The van der Waals surface area contributed by atoms with Crippen LogP contribution < -0.4 is 0 Å². The maximum Gasteiger partial charge on any atom is 0.306 e. The molecule has 0 aliphatic carbocycles. The second kappa shape index (κ2) is 56.7. The summed E-state index contributed by atoms with van der Waals surface area (Å²) in [6, 6.07) is 0. The Bertz CT molecular complexity index is 1180. The quantitative estimate of drug-likeness (QED) is 0.0346. The minimum Gasteiger partial charge on any atom is -0.462 e. The Hall–Kier alpha value is -2.66. The Morgan fingerprint density at radius 2 is 0.697 bits per heavy atom. The van der Waals surface area contributed by atoms with E-state index in [2.05, 4.69) is 93.7 Å². The normalized spacial score (nSPS) is 12.7. The van der Waals surface area contributed by atoms with E-state index in [1.165, 1.54) is 148 Å². The summed E-state index contributed by atoms with van der Waals surface area (Å²) in [6.07, 6.45) is 73.6. The molecule has 0 aromatic carbocycles. The summed E-state index contributed by atoms with van der Waals surface area (Å²) in [6.45, 7) is 7.67. The van der Waals surface area contributed by atoms with Crippen LogP contribution in [0.2, 0.25) is 0 Å². The summed E-state index contributed by atoms with van der Waals surface area (Å²) < 4.78 is 17.4. The van der Waals surface area contributed by atoms with E-state index in [0.29, 0.717) is 19.4 Å². The minimum atomic E-state index is -0.554. The molecule has 0 saturated heterocycles. The first-order valence-corrected chi connectivity index (χ1v) is 28.5. The van der Waals surface area contributed by atoms with Gasteiger partial charge in [-0.15, -0.1) is 0 Å². The van der Waals surface area contributed by atoms with Gasteiger partial charge in [-0.05, 0) is 83.5 Å². The van der Waals surface area contributed by atoms with Crippen molar-refractivity contribution in [3.8, 4) is 0 Å². The van der Waals surface area contributed by atoms with Crippen molar-refractivity contribution in [2.45, 2.75) is 284 Å². The zero-order valence-electron chi connectivity index (χ0n) is 44.0. The summed E-state index contributed by atoms with van der Waals surface area (Å²) in [5.74, 6) is -0.437. The summed E-state index contributed by atoms with van der Waals surface area (Å²) in [5, 5.41) is 0. The average Bonchev–Trinajstić information content (AvgIpc) is 3.32. The van der Waals surface area contributed by atoms with Gasteiger partial charge in [0.25, 0.3) is 0 Å². The third kappa shape index (κ3) is 54.0. The SMILES string of the molecule is CC/C=C\C/C=C\C/C=C\C/C=C\C/C=C\CCCCCC(=O)OCC(COCCCCCCCCCCCCCCCCCCCCCC)OC(=O)CCCCCCC/C=C\CCCC. The second-order valence-electron chi connectivity index (χ2n) is 18.8. The fraction of sp³-hybridized carbons (Fsp3) is 0.770. The Balaban J connectivity index is 4.24. The zero-order chi connectivity index (χ0) is 47.7. The molecule has 0 saturated carbocycles. The van der Waals surface area contributed by atoms with Gasteiger partial charge in [-0.3, -0.25) is 9.59 Å². The highest BCUT2D eigenvalue weighted by molar-refractivity contribution is 5.70. The van der Waals surface area contributed by atoms with Gasteiger partial charge < -0.3 is 14.2 Å². The van der Waals surface area contributed by atoms with Gasteiger partial charge in [-0.2, -0.15) is 0 Å². The predicted molar refractivity (Wildman–Crippen MR) is 288 cm³/mol. The van der Waals surface area contributed by atoms with E-state index in [1.54, 1.807) is 0 Å². The van der Waals surface area contributed by atoms with Crippen molar-refractivity contribution in [1.29, 1.82) is 0 Å². The number of allylic oxidation sites excluding steroid dienone is 12. The maximum atomic E-state index is 12.8. The highest BCUT2D eigenvalue weighted by Crippen LogP contribution is 2.16. The molecule has 66 heavy (non-hydrogen) atoms. The van der Waals surface area contributed by atoms with E-state index < -0.39 is 6.10 Å². The van der Waals surface area contributed by atoms with Crippen LogP contribution in [0.4, 0.5) is 0 Å². The second-order valence-corrected chi connectivity index (χ2v) is 18.8. The molecule has 0 aromatic rings. The van der Waals surface area contributed by atoms with Gasteiger partial charge in [0.1, 0.15) is 6.61 Å². The first-order valence-electron chi connectivity index (χ1n) is 28.5. The zero-order valence-corrected chi connectivity index (χ0v) is 44.0. The number of esters is 2. The van der Waals surface area contributed by atoms with E-state index in [-0.39, 0.29) is 25.2 Å². The lowest BCUT2D eigenvalue weighted by Crippen LogP contribution is -2.30. The van der Waals surface area contributed by atoms with Crippen molar-refractivity contribution in [2.24, 2.45) is 0 Å². The first-order chi connectivity index (χ1) is 32.6. The fourth-order valence-electron chi connectivity index (χ4n) is 7.99. The number of carbonyl (C=O) groups excluding carboxylic acids is 2. The van der Waals surface area contributed by atoms with Crippen LogP contribution in [0.15, 0.2) is 72.9 Å². The van der Waals surface area contributed by atoms with E-state index in [1.807, 2.05) is 0 Å². The van der Waals surface area contributed by atoms with Crippen molar-refractivity contribution in [3.05, 3.63) is 72.9 Å². The van der Waals surface area contributed by atoms with Crippen molar-refractivity contribution < 1.29 is 23.8 Å². The van der Waals surface area contributed by atoms with Crippen molar-refractivity contribution >= 4 is 11.9 Å². The van der Waals surface area contributed by atoms with Gasteiger partial charge in [0.05, 0.1) is 6.61 Å². The molecule has 382 valence electrons. The smallest absolute Gasteiger partial charge is 0.306 e. The lowest BCUT2D eigenvalue weighted by Gasteiger charge is -2.18. The summed E-state index contributed by atoms with van der Waals surface area (Å²) in [4.78, 5) is 25.4. The average molecular weight is 922 g/mol. The van der Waals surface area contributed by atoms with Crippen molar-refractivity contribution in [2.75, 3.05) is 19.8 Å². The van der Waals surface area contributed by atoms with Crippen LogP contribution in [0, 0.1) is 0 Å². The van der Waals surface area contributed by atoms with Gasteiger partial charge >= 0.3 is 11.9 Å². The molecule has 0 aromatic heterocycles. The van der Waals surface area contributed by atoms with Crippen LogP contribution in [-0.2, 0) is 23.8 Å². The summed E-state index contributed by atoms with van der Waals surface area (Å²) in [5.41, 5.74) is 0. The molecule has 5 nitrogen and oxygen atoms in total. The molecule has 0 fully saturated rings.